The van der Waals surface area contributed by atoms with Crippen LogP contribution in [0.25, 0.3) is 0 Å². The molecule has 2 aliphatic heterocycles. The Labute approximate surface area is 167 Å². The van der Waals surface area contributed by atoms with Crippen LogP contribution in [0.1, 0.15) is 50.3 Å². The van der Waals surface area contributed by atoms with Crippen LogP contribution in [0.5, 0.6) is 0 Å². The molecule has 3 heterocycles. The van der Waals surface area contributed by atoms with Gasteiger partial charge in [-0.1, -0.05) is 0 Å². The first-order valence-electron chi connectivity index (χ1n) is 10.2. The molecule has 28 heavy (non-hydrogen) atoms. The van der Waals surface area contributed by atoms with Crippen LogP contribution in [0.2, 0.25) is 0 Å². The number of amides is 2. The summed E-state index contributed by atoms with van der Waals surface area (Å²) in [6.45, 7) is 3.62. The van der Waals surface area contributed by atoms with Gasteiger partial charge in [0.25, 0.3) is 0 Å². The summed E-state index contributed by atoms with van der Waals surface area (Å²) in [6, 6.07) is 3.90. The molecule has 0 aliphatic carbocycles. The van der Waals surface area contributed by atoms with E-state index >= 15 is 0 Å². The van der Waals surface area contributed by atoms with Crippen LogP contribution in [0.3, 0.4) is 0 Å². The lowest BCUT2D eigenvalue weighted by molar-refractivity contribution is 0.141. The van der Waals surface area contributed by atoms with Crippen LogP contribution < -0.4 is 10.0 Å². The van der Waals surface area contributed by atoms with Crippen molar-refractivity contribution >= 4 is 16.1 Å². The molecule has 0 radical (unpaired) electrons. The van der Waals surface area contributed by atoms with Crippen molar-refractivity contribution in [3.05, 3.63) is 24.2 Å². The molecule has 1 aromatic heterocycles. The maximum absolute atomic E-state index is 12.9. The highest BCUT2D eigenvalue weighted by molar-refractivity contribution is 7.88. The van der Waals surface area contributed by atoms with E-state index in [-0.39, 0.29) is 18.1 Å². The zero-order chi connectivity index (χ0) is 20.0. The molecule has 2 saturated heterocycles. The third-order valence-corrected chi connectivity index (χ3v) is 6.36. The minimum absolute atomic E-state index is 0.0524. The first-order valence-corrected chi connectivity index (χ1v) is 12.1. The van der Waals surface area contributed by atoms with E-state index in [1.165, 1.54) is 12.8 Å². The number of piperidine rings is 1. The van der Waals surface area contributed by atoms with Crippen molar-refractivity contribution in [3.8, 4) is 0 Å². The molecule has 0 spiro atoms. The lowest BCUT2D eigenvalue weighted by Gasteiger charge is -2.36. The molecule has 2 N–H and O–H groups in total. The van der Waals surface area contributed by atoms with Crippen LogP contribution >= 0.6 is 0 Å². The van der Waals surface area contributed by atoms with Crippen molar-refractivity contribution in [2.45, 2.75) is 50.6 Å². The number of nitrogens with one attached hydrogen (secondary N) is 2. The van der Waals surface area contributed by atoms with E-state index in [1.807, 2.05) is 17.0 Å². The lowest BCUT2D eigenvalue weighted by atomic mass is 10.00. The van der Waals surface area contributed by atoms with Crippen LogP contribution in [0, 0.1) is 0 Å². The zero-order valence-electron chi connectivity index (χ0n) is 16.6. The molecule has 9 heteroatoms. The molecule has 158 valence electrons. The standard InChI is InChI=1S/C19H32N4O4S/c1-28(25,26)21-10-9-16-7-2-3-13-23(16)19(24)20-15-17(18-8-6-14-27-18)22-11-4-5-12-22/h6,8,14,16-17,21H,2-5,7,9-13,15H2,1H3,(H,20,24)/t16-,17-/m0/s1. The highest BCUT2D eigenvalue weighted by Gasteiger charge is 2.29. The van der Waals surface area contributed by atoms with Crippen molar-refractivity contribution in [1.29, 1.82) is 0 Å². The van der Waals surface area contributed by atoms with Crippen molar-refractivity contribution in [3.63, 3.8) is 0 Å². The molecule has 0 unspecified atom stereocenters. The quantitative estimate of drug-likeness (QED) is 0.680. The Hall–Kier alpha value is -1.58. The molecular weight excluding hydrogens is 380 g/mol. The Balaban J connectivity index is 1.56. The van der Waals surface area contributed by atoms with E-state index in [0.717, 1.165) is 44.4 Å². The summed E-state index contributed by atoms with van der Waals surface area (Å²) < 4.78 is 30.7. The number of hydrogen-bond acceptors (Lipinski definition) is 5. The summed E-state index contributed by atoms with van der Waals surface area (Å²) in [5.41, 5.74) is 0. The summed E-state index contributed by atoms with van der Waals surface area (Å²) in [5.74, 6) is 0.884. The lowest BCUT2D eigenvalue weighted by Crippen LogP contribution is -2.51. The van der Waals surface area contributed by atoms with E-state index in [4.69, 9.17) is 4.42 Å². The van der Waals surface area contributed by atoms with Crippen molar-refractivity contribution < 1.29 is 17.6 Å². The van der Waals surface area contributed by atoms with Crippen molar-refractivity contribution in [1.82, 2.24) is 19.8 Å². The average Bonchev–Trinajstić information content (AvgIpc) is 3.35. The number of urea groups is 1. The summed E-state index contributed by atoms with van der Waals surface area (Å²) >= 11 is 0. The number of likely N-dealkylation sites (tertiary alicyclic amines) is 2. The van der Waals surface area contributed by atoms with Crippen LogP contribution in [-0.2, 0) is 10.0 Å². The van der Waals surface area contributed by atoms with E-state index in [2.05, 4.69) is 14.9 Å². The number of furan rings is 1. The molecule has 3 rings (SSSR count). The second kappa shape index (κ2) is 9.76. The van der Waals surface area contributed by atoms with Crippen LogP contribution in [-0.4, -0.2) is 69.3 Å². The molecule has 0 bridgehead atoms. The molecule has 2 amide bonds. The Morgan fingerprint density at radius 2 is 2.00 bits per heavy atom. The number of nitrogens with zero attached hydrogens (tertiary/aromatic N) is 2. The molecule has 8 nitrogen and oxygen atoms in total. The van der Waals surface area contributed by atoms with Gasteiger partial charge in [-0.2, -0.15) is 0 Å². The topological polar surface area (TPSA) is 94.9 Å². The van der Waals surface area contributed by atoms with E-state index in [1.54, 1.807) is 6.26 Å². The van der Waals surface area contributed by atoms with Crippen LogP contribution in [0.15, 0.2) is 22.8 Å². The fraction of sp³-hybridized carbons (Fsp3) is 0.737. The smallest absolute Gasteiger partial charge is 0.317 e. The van der Waals surface area contributed by atoms with E-state index in [9.17, 15) is 13.2 Å². The largest absolute Gasteiger partial charge is 0.468 e. The molecular formula is C19H32N4O4S. The third kappa shape index (κ3) is 5.96. The summed E-state index contributed by atoms with van der Waals surface area (Å²) in [6.07, 6.45) is 8.77. The Kier molecular flexibility index (Phi) is 7.36. The van der Waals surface area contributed by atoms with Gasteiger partial charge in [0, 0.05) is 25.7 Å². The minimum atomic E-state index is -3.20. The van der Waals surface area contributed by atoms with Gasteiger partial charge in [-0.3, -0.25) is 4.90 Å². The predicted molar refractivity (Wildman–Crippen MR) is 107 cm³/mol. The molecule has 0 saturated carbocycles. The third-order valence-electron chi connectivity index (χ3n) is 5.63. The Morgan fingerprint density at radius 1 is 1.25 bits per heavy atom. The Bertz CT molecular complexity index is 716. The van der Waals surface area contributed by atoms with Crippen LogP contribution in [0.4, 0.5) is 4.79 Å². The Morgan fingerprint density at radius 3 is 2.68 bits per heavy atom. The van der Waals surface area contributed by atoms with Gasteiger partial charge in [-0.05, 0) is 63.7 Å². The van der Waals surface area contributed by atoms with Gasteiger partial charge in [0.1, 0.15) is 5.76 Å². The SMILES string of the molecule is CS(=O)(=O)NCC[C@@H]1CCCCN1C(=O)NC[C@@H](c1ccco1)N1CCCC1. The van der Waals surface area contributed by atoms with E-state index < -0.39 is 10.0 Å². The van der Waals surface area contributed by atoms with Gasteiger partial charge < -0.3 is 14.6 Å². The van der Waals surface area contributed by atoms with Gasteiger partial charge in [0.15, 0.2) is 0 Å². The van der Waals surface area contributed by atoms with Gasteiger partial charge in [0.2, 0.25) is 10.0 Å². The number of carbonyl (C=O) groups is 1. The van der Waals surface area contributed by atoms with E-state index in [0.29, 0.717) is 26.1 Å². The average molecular weight is 413 g/mol. The molecule has 2 aliphatic rings. The summed E-state index contributed by atoms with van der Waals surface area (Å²) in [7, 11) is -3.20. The minimum Gasteiger partial charge on any atom is -0.468 e. The number of hydrogen-bond donors (Lipinski definition) is 2. The molecule has 0 aromatic carbocycles. The highest BCUT2D eigenvalue weighted by Crippen LogP contribution is 2.25. The fourth-order valence-corrected chi connectivity index (χ4v) is 4.70. The maximum atomic E-state index is 12.9. The first-order chi connectivity index (χ1) is 13.4. The number of carbonyl (C=O) groups excluding carboxylic acids is 1. The van der Waals surface area contributed by atoms with Gasteiger partial charge >= 0.3 is 6.03 Å². The molecule has 2 fully saturated rings. The second-order valence-corrected chi connectivity index (χ2v) is 9.59. The van der Waals surface area contributed by atoms with Crippen molar-refractivity contribution in [2.24, 2.45) is 0 Å². The van der Waals surface area contributed by atoms with Gasteiger partial charge in [-0.15, -0.1) is 0 Å². The fourth-order valence-electron chi connectivity index (χ4n) is 4.21. The van der Waals surface area contributed by atoms with Crippen molar-refractivity contribution in [2.75, 3.05) is 39.0 Å². The maximum Gasteiger partial charge on any atom is 0.317 e. The van der Waals surface area contributed by atoms with Gasteiger partial charge in [-0.25, -0.2) is 17.9 Å². The predicted octanol–water partition coefficient (Wildman–Crippen LogP) is 1.92. The number of sulfonamides is 1. The monoisotopic (exact) mass is 412 g/mol. The summed E-state index contributed by atoms with van der Waals surface area (Å²) in [5, 5.41) is 3.10. The first kappa shape index (κ1) is 21.1. The second-order valence-electron chi connectivity index (χ2n) is 7.76. The zero-order valence-corrected chi connectivity index (χ0v) is 17.4. The number of rotatable bonds is 8. The molecule has 1 aromatic rings. The van der Waals surface area contributed by atoms with Gasteiger partial charge in [0.05, 0.1) is 18.6 Å². The summed E-state index contributed by atoms with van der Waals surface area (Å²) in [4.78, 5) is 17.1. The normalized spacial score (nSPS) is 22.3. The molecule has 2 atom stereocenters. The highest BCUT2D eigenvalue weighted by atomic mass is 32.2.